The van der Waals surface area contributed by atoms with Gasteiger partial charge in [-0.2, -0.15) is 0 Å². The minimum Gasteiger partial charge on any atom is -0.456 e. The third-order valence-electron chi connectivity index (χ3n) is 8.06. The molecule has 1 amide bonds. The number of carbonyl (C=O) groups is 1. The van der Waals surface area contributed by atoms with E-state index < -0.39 is 43.5 Å². The lowest BCUT2D eigenvalue weighted by atomic mass is 9.95. The number of benzene rings is 3. The first-order valence-electron chi connectivity index (χ1n) is 15.5. The summed E-state index contributed by atoms with van der Waals surface area (Å²) in [6, 6.07) is 13.6. The van der Waals surface area contributed by atoms with Crippen LogP contribution < -0.4 is 19.2 Å². The molecule has 1 aromatic heterocycles. The van der Waals surface area contributed by atoms with E-state index >= 15 is 0 Å². The van der Waals surface area contributed by atoms with Gasteiger partial charge in [0.25, 0.3) is 5.91 Å². The molecule has 258 valence electrons. The van der Waals surface area contributed by atoms with Gasteiger partial charge in [-0.05, 0) is 101 Å². The number of aliphatic hydroxyl groups is 1. The minimum absolute atomic E-state index is 0.102. The van der Waals surface area contributed by atoms with E-state index in [9.17, 15) is 31.1 Å². The summed E-state index contributed by atoms with van der Waals surface area (Å²) in [5, 5.41) is 17.3. The first kappa shape index (κ1) is 35.3. The lowest BCUT2D eigenvalue weighted by molar-refractivity contribution is 0.0919. The zero-order chi connectivity index (χ0) is 35.2. The van der Waals surface area contributed by atoms with Crippen LogP contribution in [0.2, 0.25) is 0 Å². The number of sulfonamides is 2. The molecule has 1 atom stereocenters. The van der Waals surface area contributed by atoms with Crippen molar-refractivity contribution in [3.05, 3.63) is 71.5 Å². The number of halogens is 1. The summed E-state index contributed by atoms with van der Waals surface area (Å²) in [4.78, 5) is 13.6. The molecular weight excluding hydrogens is 660 g/mol. The van der Waals surface area contributed by atoms with Crippen LogP contribution in [0.25, 0.3) is 33.4 Å². The van der Waals surface area contributed by atoms with Gasteiger partial charge in [0.2, 0.25) is 20.0 Å². The summed E-state index contributed by atoms with van der Waals surface area (Å²) in [5.74, 6) is -0.645. The fraction of sp³-hybridized carbons (Fsp3) is 0.382. The van der Waals surface area contributed by atoms with Gasteiger partial charge in [-0.15, -0.1) is 0 Å². The van der Waals surface area contributed by atoms with Crippen LogP contribution in [0, 0.1) is 5.82 Å². The molecule has 0 fully saturated rings. The maximum Gasteiger partial charge on any atom is 0.251 e. The van der Waals surface area contributed by atoms with Crippen molar-refractivity contribution in [1.29, 1.82) is 0 Å². The molecule has 0 spiro atoms. The molecular formula is C34H41FN4O7S2. The van der Waals surface area contributed by atoms with Crippen molar-refractivity contribution in [3.63, 3.8) is 0 Å². The molecule has 5 rings (SSSR count). The summed E-state index contributed by atoms with van der Waals surface area (Å²) in [7, 11) is -6.07. The summed E-state index contributed by atoms with van der Waals surface area (Å²) in [6.45, 7) is 5.71. The van der Waals surface area contributed by atoms with Crippen LogP contribution >= 0.6 is 0 Å². The van der Waals surface area contributed by atoms with Crippen LogP contribution in [0.4, 0.5) is 15.8 Å². The molecule has 4 aromatic rings. The Morgan fingerprint density at radius 2 is 1.52 bits per heavy atom. The van der Waals surface area contributed by atoms with Crippen molar-refractivity contribution >= 4 is 48.3 Å². The predicted octanol–water partition coefficient (Wildman–Crippen LogP) is 5.36. The third-order valence-corrected chi connectivity index (χ3v) is 10.4. The average molecular weight is 701 g/mol. The van der Waals surface area contributed by atoms with Crippen LogP contribution in [-0.2, 0) is 20.0 Å². The second-order valence-electron chi connectivity index (χ2n) is 13.1. The number of hydrogen-bond acceptors (Lipinski definition) is 8. The number of hydrogen-bond donors (Lipinski definition) is 3. The highest BCUT2D eigenvalue weighted by atomic mass is 32.2. The Morgan fingerprint density at radius 1 is 0.896 bits per heavy atom. The fourth-order valence-electron chi connectivity index (χ4n) is 5.91. The Kier molecular flexibility index (Phi) is 9.67. The average Bonchev–Trinajstić information content (AvgIpc) is 3.35. The fourth-order valence-corrected chi connectivity index (χ4v) is 7.83. The molecule has 0 saturated carbocycles. The van der Waals surface area contributed by atoms with Crippen molar-refractivity contribution in [1.82, 2.24) is 10.6 Å². The first-order valence-corrected chi connectivity index (χ1v) is 19.2. The number of nitrogens with one attached hydrogen (secondary N) is 2. The molecule has 2 heterocycles. The van der Waals surface area contributed by atoms with Crippen molar-refractivity contribution < 1.29 is 35.5 Å². The molecule has 3 aromatic carbocycles. The Labute approximate surface area is 280 Å². The van der Waals surface area contributed by atoms with Gasteiger partial charge >= 0.3 is 0 Å². The number of furan rings is 1. The smallest absolute Gasteiger partial charge is 0.251 e. The molecule has 0 saturated heterocycles. The predicted molar refractivity (Wildman–Crippen MR) is 187 cm³/mol. The van der Waals surface area contributed by atoms with Crippen molar-refractivity contribution in [2.24, 2.45) is 0 Å². The van der Waals surface area contributed by atoms with Gasteiger partial charge in [0.15, 0.2) is 0 Å². The highest BCUT2D eigenvalue weighted by Gasteiger charge is 2.29. The van der Waals surface area contributed by atoms with Gasteiger partial charge in [0.05, 0.1) is 23.9 Å². The Bertz CT molecular complexity index is 2070. The molecule has 11 nitrogen and oxygen atoms in total. The molecule has 3 N–H and O–H groups in total. The molecule has 1 aliphatic heterocycles. The van der Waals surface area contributed by atoms with Gasteiger partial charge in [0.1, 0.15) is 23.4 Å². The summed E-state index contributed by atoms with van der Waals surface area (Å²) in [5.41, 5.74) is 1.89. The van der Waals surface area contributed by atoms with E-state index in [-0.39, 0.29) is 41.4 Å². The number of anilines is 2. The largest absolute Gasteiger partial charge is 0.456 e. The lowest BCUT2D eigenvalue weighted by Gasteiger charge is -2.29. The maximum atomic E-state index is 13.9. The quantitative estimate of drug-likeness (QED) is 0.228. The number of aliphatic hydroxyl groups excluding tert-OH is 1. The number of rotatable bonds is 6. The van der Waals surface area contributed by atoms with Gasteiger partial charge in [0, 0.05) is 52.3 Å². The van der Waals surface area contributed by atoms with Gasteiger partial charge in [-0.25, -0.2) is 21.2 Å². The molecule has 1 aliphatic rings. The van der Waals surface area contributed by atoms with E-state index in [0.717, 1.165) is 12.5 Å². The maximum absolute atomic E-state index is 13.9. The number of nitrogens with zero attached hydrogens (tertiary/aromatic N) is 2. The highest BCUT2D eigenvalue weighted by Crippen LogP contribution is 2.44. The number of carbonyl (C=O) groups excluding carboxylic acids is 1. The standard InChI is InChI=1S/C34H41FN4O7S2/c1-34(2,3)37-32(40)23-16-22-17-25(18-23)38(47(5,42)43)14-8-7-9-15-39(48(6,44)45)28-20-29-27(19-26(22)28)30(33(41)36-4)31(46-29)21-10-12-24(35)13-11-21/h10-13,16-20,33,36,41H,7-9,14-15H2,1-6H3,(H,37,40). The van der Waals surface area contributed by atoms with Gasteiger partial charge in [-0.3, -0.25) is 18.7 Å². The summed E-state index contributed by atoms with van der Waals surface area (Å²) < 4.78 is 75.6. The third kappa shape index (κ3) is 7.51. The van der Waals surface area contributed by atoms with E-state index in [2.05, 4.69) is 10.6 Å². The topological polar surface area (TPSA) is 149 Å². The normalized spacial score (nSPS) is 15.4. The number of fused-ring (bicyclic) bond motifs is 5. The molecule has 2 bridgehead atoms. The highest BCUT2D eigenvalue weighted by molar-refractivity contribution is 7.92. The first-order chi connectivity index (χ1) is 22.4. The molecule has 0 aliphatic carbocycles. The number of amides is 1. The van der Waals surface area contributed by atoms with Crippen molar-refractivity contribution in [2.75, 3.05) is 41.3 Å². The monoisotopic (exact) mass is 700 g/mol. The van der Waals surface area contributed by atoms with E-state index in [0.29, 0.717) is 46.9 Å². The molecule has 0 radical (unpaired) electrons. The zero-order valence-corrected chi connectivity index (χ0v) is 29.4. The Morgan fingerprint density at radius 3 is 2.10 bits per heavy atom. The van der Waals surface area contributed by atoms with E-state index in [1.807, 2.05) is 20.8 Å². The van der Waals surface area contributed by atoms with Gasteiger partial charge < -0.3 is 14.8 Å². The summed E-state index contributed by atoms with van der Waals surface area (Å²) >= 11 is 0. The minimum atomic E-state index is -3.85. The molecule has 1 unspecified atom stereocenters. The van der Waals surface area contributed by atoms with Crippen LogP contribution in [0.1, 0.15) is 62.2 Å². The van der Waals surface area contributed by atoms with Crippen molar-refractivity contribution in [2.45, 2.75) is 51.8 Å². The Balaban J connectivity index is 1.91. The zero-order valence-electron chi connectivity index (χ0n) is 27.8. The van der Waals surface area contributed by atoms with E-state index in [1.165, 1.54) is 38.9 Å². The van der Waals surface area contributed by atoms with Gasteiger partial charge in [-0.1, -0.05) is 0 Å². The second-order valence-corrected chi connectivity index (χ2v) is 16.9. The SMILES string of the molecule is CNC(O)c1c(-c2ccc(F)cc2)oc2cc3c(cc12)-c1cc(C(=O)NC(C)(C)C)cc(c1)N(S(C)(=O)=O)CCCCCN3S(C)(=O)=O. The van der Waals surface area contributed by atoms with Crippen LogP contribution in [0.5, 0.6) is 0 Å². The van der Waals surface area contributed by atoms with Crippen molar-refractivity contribution in [3.8, 4) is 22.5 Å². The van der Waals surface area contributed by atoms with Crippen LogP contribution in [-0.4, -0.2) is 66.0 Å². The lowest BCUT2D eigenvalue weighted by Crippen LogP contribution is -2.40. The second kappa shape index (κ2) is 13.1. The molecule has 48 heavy (non-hydrogen) atoms. The van der Waals surface area contributed by atoms with Crippen LogP contribution in [0.3, 0.4) is 0 Å². The summed E-state index contributed by atoms with van der Waals surface area (Å²) in [6.07, 6.45) is 2.41. The van der Waals surface area contributed by atoms with Crippen LogP contribution in [0.15, 0.2) is 59.0 Å². The Hall–Kier alpha value is -3.98. The van der Waals surface area contributed by atoms with E-state index in [1.54, 1.807) is 31.3 Å². The molecule has 14 heteroatoms. The van der Waals surface area contributed by atoms with E-state index in [4.69, 9.17) is 4.42 Å².